The highest BCUT2D eigenvalue weighted by Crippen LogP contribution is 2.21. The number of nitrogens with one attached hydrogen (secondary N) is 2. The molecule has 0 atom stereocenters. The van der Waals surface area contributed by atoms with Crippen molar-refractivity contribution in [3.8, 4) is 5.75 Å². The standard InChI is InChI=1S/C23H27N5O2/c1-18-17-22(24-11-14-30-21-5-3-2-4-6-21)27-23(25-18)26-19-7-9-20(10-8-19)28-12-15-29-16-13-28/h2-10,17H,11-16H2,1H3,(H2,24,25,26,27). The Balaban J connectivity index is 1.32. The lowest BCUT2D eigenvalue weighted by molar-refractivity contribution is 0.122. The van der Waals surface area contributed by atoms with Gasteiger partial charge >= 0.3 is 0 Å². The number of rotatable bonds is 8. The first kappa shape index (κ1) is 20.0. The monoisotopic (exact) mass is 405 g/mol. The molecular weight excluding hydrogens is 378 g/mol. The van der Waals surface area contributed by atoms with Crippen molar-refractivity contribution in [1.82, 2.24) is 9.97 Å². The third kappa shape index (κ3) is 5.61. The van der Waals surface area contributed by atoms with Gasteiger partial charge in [0.15, 0.2) is 0 Å². The molecule has 1 aromatic heterocycles. The molecule has 156 valence electrons. The quantitative estimate of drug-likeness (QED) is 0.552. The van der Waals surface area contributed by atoms with Gasteiger partial charge in [-0.2, -0.15) is 4.98 Å². The van der Waals surface area contributed by atoms with E-state index in [0.29, 0.717) is 19.1 Å². The minimum Gasteiger partial charge on any atom is -0.492 e. The highest BCUT2D eigenvalue weighted by Gasteiger charge is 2.11. The van der Waals surface area contributed by atoms with Gasteiger partial charge < -0.3 is 25.0 Å². The molecule has 1 aliphatic rings. The van der Waals surface area contributed by atoms with E-state index in [1.54, 1.807) is 0 Å². The molecule has 2 N–H and O–H groups in total. The van der Waals surface area contributed by atoms with Crippen molar-refractivity contribution in [2.45, 2.75) is 6.92 Å². The molecule has 0 aliphatic carbocycles. The first-order valence-corrected chi connectivity index (χ1v) is 10.2. The highest BCUT2D eigenvalue weighted by atomic mass is 16.5. The predicted molar refractivity (Wildman–Crippen MR) is 120 cm³/mol. The van der Waals surface area contributed by atoms with Crippen LogP contribution < -0.4 is 20.3 Å². The molecule has 30 heavy (non-hydrogen) atoms. The summed E-state index contributed by atoms with van der Waals surface area (Å²) in [4.78, 5) is 11.4. The van der Waals surface area contributed by atoms with Gasteiger partial charge in [0.25, 0.3) is 0 Å². The van der Waals surface area contributed by atoms with Crippen molar-refractivity contribution in [3.63, 3.8) is 0 Å². The van der Waals surface area contributed by atoms with Crippen LogP contribution in [0.25, 0.3) is 0 Å². The zero-order chi connectivity index (χ0) is 20.6. The Morgan fingerprint density at radius 1 is 1.00 bits per heavy atom. The normalized spacial score (nSPS) is 13.7. The Labute approximate surface area is 177 Å². The average molecular weight is 406 g/mol. The first-order chi connectivity index (χ1) is 14.8. The summed E-state index contributed by atoms with van der Waals surface area (Å²) in [6.07, 6.45) is 0. The summed E-state index contributed by atoms with van der Waals surface area (Å²) in [7, 11) is 0. The summed E-state index contributed by atoms with van der Waals surface area (Å²) in [5.74, 6) is 2.20. The van der Waals surface area contributed by atoms with Crippen LogP contribution in [0.5, 0.6) is 5.75 Å². The van der Waals surface area contributed by atoms with Crippen molar-refractivity contribution in [2.75, 3.05) is 55.0 Å². The molecule has 1 aliphatic heterocycles. The maximum Gasteiger partial charge on any atom is 0.229 e. The molecular formula is C23H27N5O2. The zero-order valence-corrected chi connectivity index (χ0v) is 17.2. The molecule has 7 heteroatoms. The third-order valence-electron chi connectivity index (χ3n) is 4.77. The second-order valence-corrected chi connectivity index (χ2v) is 7.08. The lowest BCUT2D eigenvalue weighted by Crippen LogP contribution is -2.36. The van der Waals surface area contributed by atoms with Gasteiger partial charge in [-0.15, -0.1) is 0 Å². The van der Waals surface area contributed by atoms with Crippen molar-refractivity contribution in [1.29, 1.82) is 0 Å². The molecule has 0 amide bonds. The van der Waals surface area contributed by atoms with Gasteiger partial charge in [-0.3, -0.25) is 0 Å². The number of nitrogens with zero attached hydrogens (tertiary/aromatic N) is 3. The molecule has 4 rings (SSSR count). The summed E-state index contributed by atoms with van der Waals surface area (Å²) in [6, 6.07) is 20.0. The van der Waals surface area contributed by atoms with Crippen LogP contribution in [0.4, 0.5) is 23.1 Å². The smallest absolute Gasteiger partial charge is 0.229 e. The number of para-hydroxylation sites is 1. The van der Waals surface area contributed by atoms with Crippen LogP contribution in [0.15, 0.2) is 60.7 Å². The SMILES string of the molecule is Cc1cc(NCCOc2ccccc2)nc(Nc2ccc(N3CCOCC3)cc2)n1. The number of aryl methyl sites for hydroxylation is 1. The molecule has 2 heterocycles. The van der Waals surface area contributed by atoms with Gasteiger partial charge in [-0.25, -0.2) is 4.98 Å². The summed E-state index contributed by atoms with van der Waals surface area (Å²) >= 11 is 0. The van der Waals surface area contributed by atoms with Gasteiger partial charge in [0.2, 0.25) is 5.95 Å². The van der Waals surface area contributed by atoms with Crippen molar-refractivity contribution in [3.05, 3.63) is 66.4 Å². The molecule has 0 spiro atoms. The average Bonchev–Trinajstić information content (AvgIpc) is 2.78. The fraction of sp³-hybridized carbons (Fsp3) is 0.304. The second kappa shape index (κ2) is 9.93. The van der Waals surface area contributed by atoms with Crippen molar-refractivity contribution in [2.24, 2.45) is 0 Å². The Bertz CT molecular complexity index is 928. The van der Waals surface area contributed by atoms with E-state index in [1.807, 2.05) is 43.3 Å². The maximum absolute atomic E-state index is 5.71. The number of morpholine rings is 1. The molecule has 1 fully saturated rings. The number of hydrogen-bond acceptors (Lipinski definition) is 7. The minimum absolute atomic E-state index is 0.554. The first-order valence-electron chi connectivity index (χ1n) is 10.2. The van der Waals surface area contributed by atoms with E-state index >= 15 is 0 Å². The molecule has 7 nitrogen and oxygen atoms in total. The van der Waals surface area contributed by atoms with Crippen LogP contribution in [0.2, 0.25) is 0 Å². The van der Waals surface area contributed by atoms with Crippen molar-refractivity contribution < 1.29 is 9.47 Å². The Kier molecular flexibility index (Phi) is 6.61. The fourth-order valence-corrected chi connectivity index (χ4v) is 3.29. The van der Waals surface area contributed by atoms with E-state index in [0.717, 1.165) is 49.3 Å². The lowest BCUT2D eigenvalue weighted by atomic mass is 10.2. The molecule has 0 radical (unpaired) electrons. The van der Waals surface area contributed by atoms with Gasteiger partial charge in [0, 0.05) is 36.2 Å². The fourth-order valence-electron chi connectivity index (χ4n) is 3.29. The molecule has 0 saturated carbocycles. The van der Waals surface area contributed by atoms with Gasteiger partial charge in [-0.05, 0) is 43.3 Å². The van der Waals surface area contributed by atoms with Crippen molar-refractivity contribution >= 4 is 23.1 Å². The third-order valence-corrected chi connectivity index (χ3v) is 4.77. The van der Waals surface area contributed by atoms with E-state index < -0.39 is 0 Å². The Morgan fingerprint density at radius 2 is 1.77 bits per heavy atom. The summed E-state index contributed by atoms with van der Waals surface area (Å²) < 4.78 is 11.1. The Morgan fingerprint density at radius 3 is 2.53 bits per heavy atom. The molecule has 2 aromatic carbocycles. The van der Waals surface area contributed by atoms with Gasteiger partial charge in [0.1, 0.15) is 18.2 Å². The van der Waals surface area contributed by atoms with Crippen LogP contribution in [-0.4, -0.2) is 49.4 Å². The summed E-state index contributed by atoms with van der Waals surface area (Å²) in [5.41, 5.74) is 3.05. The largest absolute Gasteiger partial charge is 0.492 e. The molecule has 0 bridgehead atoms. The minimum atomic E-state index is 0.554. The molecule has 0 unspecified atom stereocenters. The maximum atomic E-state index is 5.71. The van der Waals surface area contributed by atoms with E-state index in [9.17, 15) is 0 Å². The lowest BCUT2D eigenvalue weighted by Gasteiger charge is -2.28. The van der Waals surface area contributed by atoms with Crippen LogP contribution in [0.1, 0.15) is 5.69 Å². The predicted octanol–water partition coefficient (Wildman–Crippen LogP) is 3.86. The van der Waals surface area contributed by atoms with Gasteiger partial charge in [-0.1, -0.05) is 18.2 Å². The topological polar surface area (TPSA) is 71.5 Å². The van der Waals surface area contributed by atoms with Gasteiger partial charge in [0.05, 0.1) is 19.8 Å². The van der Waals surface area contributed by atoms with Crippen LogP contribution in [-0.2, 0) is 4.74 Å². The highest BCUT2D eigenvalue weighted by molar-refractivity contribution is 5.60. The zero-order valence-electron chi connectivity index (χ0n) is 17.2. The van der Waals surface area contributed by atoms with E-state index in [4.69, 9.17) is 9.47 Å². The number of hydrogen-bond donors (Lipinski definition) is 2. The number of anilines is 4. The Hall–Kier alpha value is -3.32. The second-order valence-electron chi connectivity index (χ2n) is 7.08. The van der Waals surface area contributed by atoms with E-state index in [-0.39, 0.29) is 0 Å². The number of aromatic nitrogens is 2. The summed E-state index contributed by atoms with van der Waals surface area (Å²) in [6.45, 7) is 6.58. The number of ether oxygens (including phenoxy) is 2. The molecule has 1 saturated heterocycles. The molecule has 3 aromatic rings. The van der Waals surface area contributed by atoms with Crippen LogP contribution in [0, 0.1) is 6.92 Å². The summed E-state index contributed by atoms with van der Waals surface area (Å²) in [5, 5.41) is 6.59. The van der Waals surface area contributed by atoms with E-state index in [2.05, 4.69) is 49.8 Å². The van der Waals surface area contributed by atoms with Crippen LogP contribution in [0.3, 0.4) is 0 Å². The van der Waals surface area contributed by atoms with E-state index in [1.165, 1.54) is 5.69 Å². The van der Waals surface area contributed by atoms with Crippen LogP contribution >= 0.6 is 0 Å². The number of benzene rings is 2.